The Labute approximate surface area is 185 Å². The van der Waals surface area contributed by atoms with Crippen LogP contribution in [0, 0.1) is 0 Å². The van der Waals surface area contributed by atoms with E-state index >= 15 is 0 Å². The molecule has 0 saturated carbocycles. The average Bonchev–Trinajstić information content (AvgIpc) is 3.23. The van der Waals surface area contributed by atoms with E-state index in [9.17, 15) is 4.79 Å². The van der Waals surface area contributed by atoms with Crippen LogP contribution in [0.2, 0.25) is 5.02 Å². The third kappa shape index (κ3) is 4.06. The molecule has 0 spiro atoms. The zero-order chi connectivity index (χ0) is 20.4. The van der Waals surface area contributed by atoms with Crippen LogP contribution in [0.4, 0.5) is 11.4 Å². The number of anilines is 1. The molecule has 0 atom stereocenters. The molecule has 0 unspecified atom stereocenters. The summed E-state index contributed by atoms with van der Waals surface area (Å²) in [4.78, 5) is 24.0. The van der Waals surface area contributed by atoms with Gasteiger partial charge in [0.1, 0.15) is 9.93 Å². The summed E-state index contributed by atoms with van der Waals surface area (Å²) in [6.45, 7) is 5.68. The Morgan fingerprint density at radius 2 is 1.83 bits per heavy atom. The van der Waals surface area contributed by atoms with Crippen LogP contribution in [0.25, 0.3) is 0 Å². The Kier molecular flexibility index (Phi) is 6.23. The third-order valence-corrected chi connectivity index (χ3v) is 7.37. The molecule has 2 heterocycles. The first-order chi connectivity index (χ1) is 14.1. The second kappa shape index (κ2) is 8.86. The normalized spacial score (nSPS) is 20.1. The molecule has 0 radical (unpaired) electrons. The van der Waals surface area contributed by atoms with Crippen molar-refractivity contribution >= 4 is 57.6 Å². The standard InChI is InChI=1S/C22H22ClN3OS2/c1-3-5-13-26-20(27)19(29-22(26)24-16-9-7-6-8-10-16)21-25(4-2)17-14-15(23)11-12-18(17)28-21/h6-12,14H,3-5,13H2,1-2H3. The molecular formula is C22H22ClN3OS2. The smallest absolute Gasteiger partial charge is 0.269 e. The fraction of sp³-hybridized carbons (Fsp3) is 0.273. The number of carbonyl (C=O) groups is 1. The minimum absolute atomic E-state index is 0.0398. The predicted octanol–water partition coefficient (Wildman–Crippen LogP) is 6.50. The molecule has 29 heavy (non-hydrogen) atoms. The van der Waals surface area contributed by atoms with Gasteiger partial charge in [0, 0.05) is 23.0 Å². The maximum absolute atomic E-state index is 13.4. The summed E-state index contributed by atoms with van der Waals surface area (Å²) in [6.07, 6.45) is 1.97. The van der Waals surface area contributed by atoms with Crippen molar-refractivity contribution < 1.29 is 4.79 Å². The monoisotopic (exact) mass is 443 g/mol. The van der Waals surface area contributed by atoms with Crippen LogP contribution >= 0.6 is 35.1 Å². The number of hydrogen-bond donors (Lipinski definition) is 0. The quantitative estimate of drug-likeness (QED) is 0.494. The number of thioether (sulfide) groups is 2. The number of para-hydroxylation sites is 1. The molecule has 2 aliphatic rings. The van der Waals surface area contributed by atoms with Gasteiger partial charge in [-0.15, -0.1) is 0 Å². The van der Waals surface area contributed by atoms with Crippen molar-refractivity contribution in [2.24, 2.45) is 4.99 Å². The highest BCUT2D eigenvalue weighted by Crippen LogP contribution is 2.51. The number of amides is 1. The summed E-state index contributed by atoms with van der Waals surface area (Å²) in [7, 11) is 0. The van der Waals surface area contributed by atoms with Crippen LogP contribution < -0.4 is 4.90 Å². The highest BCUT2D eigenvalue weighted by atomic mass is 35.5. The van der Waals surface area contributed by atoms with Gasteiger partial charge in [-0.05, 0) is 55.4 Å². The molecule has 2 aromatic rings. The van der Waals surface area contributed by atoms with Crippen molar-refractivity contribution in [3.63, 3.8) is 0 Å². The number of carbonyl (C=O) groups excluding carboxylic acids is 1. The Morgan fingerprint density at radius 3 is 2.55 bits per heavy atom. The van der Waals surface area contributed by atoms with Crippen molar-refractivity contribution in [3.05, 3.63) is 63.5 Å². The van der Waals surface area contributed by atoms with Gasteiger partial charge in [-0.2, -0.15) is 0 Å². The van der Waals surface area contributed by atoms with E-state index in [1.54, 1.807) is 11.8 Å². The Hall–Kier alpha value is -1.89. The summed E-state index contributed by atoms with van der Waals surface area (Å²) in [5.74, 6) is 0.0398. The first-order valence-corrected chi connectivity index (χ1v) is 11.8. The number of fused-ring (bicyclic) bond motifs is 1. The molecule has 0 bridgehead atoms. The van der Waals surface area contributed by atoms with E-state index in [1.807, 2.05) is 53.4 Å². The molecule has 150 valence electrons. The van der Waals surface area contributed by atoms with Crippen molar-refractivity contribution in [1.29, 1.82) is 0 Å². The lowest BCUT2D eigenvalue weighted by molar-refractivity contribution is -0.122. The van der Waals surface area contributed by atoms with Gasteiger partial charge in [0.2, 0.25) is 0 Å². The van der Waals surface area contributed by atoms with E-state index in [2.05, 4.69) is 18.7 Å². The lowest BCUT2D eigenvalue weighted by atomic mass is 10.3. The molecule has 4 rings (SSSR count). The number of amidine groups is 1. The van der Waals surface area contributed by atoms with E-state index in [1.165, 1.54) is 11.8 Å². The van der Waals surface area contributed by atoms with Gasteiger partial charge >= 0.3 is 0 Å². The molecule has 1 fully saturated rings. The van der Waals surface area contributed by atoms with Crippen molar-refractivity contribution in [2.75, 3.05) is 18.0 Å². The van der Waals surface area contributed by atoms with Crippen molar-refractivity contribution in [3.8, 4) is 0 Å². The number of nitrogens with zero attached hydrogens (tertiary/aromatic N) is 3. The van der Waals surface area contributed by atoms with Gasteiger partial charge in [-0.25, -0.2) is 4.99 Å². The first-order valence-electron chi connectivity index (χ1n) is 9.75. The predicted molar refractivity (Wildman–Crippen MR) is 125 cm³/mol. The van der Waals surface area contributed by atoms with E-state index < -0.39 is 0 Å². The molecular weight excluding hydrogens is 422 g/mol. The molecule has 0 N–H and O–H groups in total. The first kappa shape index (κ1) is 20.4. The summed E-state index contributed by atoms with van der Waals surface area (Å²) in [6, 6.07) is 15.7. The van der Waals surface area contributed by atoms with Gasteiger partial charge < -0.3 is 4.90 Å². The van der Waals surface area contributed by atoms with E-state index in [4.69, 9.17) is 16.6 Å². The Morgan fingerprint density at radius 1 is 1.03 bits per heavy atom. The Balaban J connectivity index is 1.74. The van der Waals surface area contributed by atoms with Crippen LogP contribution in [-0.2, 0) is 4.79 Å². The van der Waals surface area contributed by atoms with Gasteiger partial charge in [0.25, 0.3) is 5.91 Å². The second-order valence-electron chi connectivity index (χ2n) is 6.73. The second-order valence-corrected chi connectivity index (χ2v) is 9.18. The van der Waals surface area contributed by atoms with Crippen LogP contribution in [-0.4, -0.2) is 29.1 Å². The number of hydrogen-bond acceptors (Lipinski definition) is 5. The number of halogens is 1. The highest BCUT2D eigenvalue weighted by Gasteiger charge is 2.39. The van der Waals surface area contributed by atoms with E-state index in [0.717, 1.165) is 50.8 Å². The summed E-state index contributed by atoms with van der Waals surface area (Å²) in [5.41, 5.74) is 1.92. The van der Waals surface area contributed by atoms with Crippen LogP contribution in [0.3, 0.4) is 0 Å². The van der Waals surface area contributed by atoms with Gasteiger partial charge in [-0.3, -0.25) is 9.69 Å². The van der Waals surface area contributed by atoms with Crippen LogP contribution in [0.15, 0.2) is 68.4 Å². The molecule has 0 aliphatic carbocycles. The highest BCUT2D eigenvalue weighted by molar-refractivity contribution is 8.19. The van der Waals surface area contributed by atoms with E-state index in [-0.39, 0.29) is 5.91 Å². The molecule has 4 nitrogen and oxygen atoms in total. The van der Waals surface area contributed by atoms with Crippen LogP contribution in [0.5, 0.6) is 0 Å². The maximum Gasteiger partial charge on any atom is 0.269 e. The molecule has 0 aromatic heterocycles. The zero-order valence-corrected chi connectivity index (χ0v) is 18.8. The average molecular weight is 444 g/mol. The lowest BCUT2D eigenvalue weighted by Gasteiger charge is -2.19. The molecule has 7 heteroatoms. The molecule has 2 aliphatic heterocycles. The lowest BCUT2D eigenvalue weighted by Crippen LogP contribution is -2.30. The number of rotatable bonds is 5. The Bertz CT molecular complexity index is 991. The van der Waals surface area contributed by atoms with Gasteiger partial charge in [0.15, 0.2) is 5.17 Å². The number of aliphatic imine (C=N–C) groups is 1. The maximum atomic E-state index is 13.4. The summed E-state index contributed by atoms with van der Waals surface area (Å²) in [5, 5.41) is 2.43. The fourth-order valence-electron chi connectivity index (χ4n) is 3.28. The topological polar surface area (TPSA) is 35.9 Å². The zero-order valence-electron chi connectivity index (χ0n) is 16.4. The number of benzene rings is 2. The van der Waals surface area contributed by atoms with Gasteiger partial charge in [0.05, 0.1) is 11.4 Å². The fourth-order valence-corrected chi connectivity index (χ4v) is 5.85. The van der Waals surface area contributed by atoms with Crippen LogP contribution in [0.1, 0.15) is 26.7 Å². The van der Waals surface area contributed by atoms with Crippen molar-refractivity contribution in [1.82, 2.24) is 4.90 Å². The molecule has 2 aromatic carbocycles. The summed E-state index contributed by atoms with van der Waals surface area (Å²) < 4.78 is 0. The number of unbranched alkanes of at least 4 members (excludes halogenated alkanes) is 1. The summed E-state index contributed by atoms with van der Waals surface area (Å²) >= 11 is 9.33. The van der Waals surface area contributed by atoms with E-state index in [0.29, 0.717) is 11.6 Å². The van der Waals surface area contributed by atoms with Crippen molar-refractivity contribution in [2.45, 2.75) is 31.6 Å². The minimum atomic E-state index is 0.0398. The molecule has 1 amide bonds. The largest absolute Gasteiger partial charge is 0.334 e. The SMILES string of the molecule is CCCCN1C(=O)C(=C2Sc3ccc(Cl)cc3N2CC)SC1=Nc1ccccc1. The molecule has 1 saturated heterocycles. The third-order valence-electron chi connectivity index (χ3n) is 4.75. The minimum Gasteiger partial charge on any atom is -0.334 e. The van der Waals surface area contributed by atoms with Gasteiger partial charge in [-0.1, -0.05) is 54.9 Å².